The third-order valence-electron chi connectivity index (χ3n) is 5.98. The van der Waals surface area contributed by atoms with Crippen molar-refractivity contribution in [3.63, 3.8) is 0 Å². The number of benzene rings is 2. The molecule has 1 atom stereocenters. The number of carbonyl (C=O) groups is 2. The summed E-state index contributed by atoms with van der Waals surface area (Å²) < 4.78 is 1.06. The highest BCUT2D eigenvalue weighted by Crippen LogP contribution is 2.32. The monoisotopic (exact) mass is 435 g/mol. The van der Waals surface area contributed by atoms with Crippen LogP contribution in [0.2, 0.25) is 0 Å². The maximum atomic E-state index is 12.8. The molecule has 0 aliphatic carbocycles. The van der Waals surface area contributed by atoms with Gasteiger partial charge in [0.15, 0.2) is 5.13 Å². The summed E-state index contributed by atoms with van der Waals surface area (Å²) in [4.78, 5) is 36.4. The fourth-order valence-electron chi connectivity index (χ4n) is 4.11. The molecular formula is C23H25N5O2S. The van der Waals surface area contributed by atoms with Crippen LogP contribution >= 0.6 is 11.3 Å². The first-order chi connectivity index (χ1) is 15.1. The van der Waals surface area contributed by atoms with Crippen molar-refractivity contribution >= 4 is 49.9 Å². The lowest BCUT2D eigenvalue weighted by molar-refractivity contribution is -0.122. The van der Waals surface area contributed by atoms with E-state index in [1.165, 1.54) is 0 Å². The largest absolute Gasteiger partial charge is 0.345 e. The van der Waals surface area contributed by atoms with Gasteiger partial charge in [-0.15, -0.1) is 0 Å². The number of piperazine rings is 1. The van der Waals surface area contributed by atoms with Crippen molar-refractivity contribution in [3.8, 4) is 0 Å². The molecule has 2 saturated heterocycles. The van der Waals surface area contributed by atoms with Gasteiger partial charge in [0.05, 0.1) is 16.1 Å². The number of para-hydroxylation sites is 1. The summed E-state index contributed by atoms with van der Waals surface area (Å²) in [6, 6.07) is 15.3. The quantitative estimate of drug-likeness (QED) is 0.682. The Bertz CT molecular complexity index is 1110. The van der Waals surface area contributed by atoms with Crippen LogP contribution in [0.3, 0.4) is 0 Å². The second-order valence-corrected chi connectivity index (χ2v) is 9.21. The molecule has 1 aromatic heterocycles. The van der Waals surface area contributed by atoms with Gasteiger partial charge in [0.1, 0.15) is 0 Å². The number of hydrogen-bond donors (Lipinski definition) is 1. The van der Waals surface area contributed by atoms with E-state index in [0.29, 0.717) is 6.54 Å². The Morgan fingerprint density at radius 1 is 1.10 bits per heavy atom. The Morgan fingerprint density at radius 3 is 2.65 bits per heavy atom. The fraction of sp³-hybridized carbons (Fsp3) is 0.348. The van der Waals surface area contributed by atoms with Gasteiger partial charge in [-0.1, -0.05) is 29.5 Å². The molecular weight excluding hydrogens is 410 g/mol. The lowest BCUT2D eigenvalue weighted by atomic mass is 10.1. The van der Waals surface area contributed by atoms with E-state index >= 15 is 0 Å². The summed E-state index contributed by atoms with van der Waals surface area (Å²) >= 11 is 1.66. The number of amides is 2. The number of nitrogens with one attached hydrogen (secondary N) is 1. The Hall–Kier alpha value is -2.97. The maximum absolute atomic E-state index is 12.8. The van der Waals surface area contributed by atoms with Crippen molar-refractivity contribution < 1.29 is 9.59 Å². The molecule has 3 aromatic rings. The van der Waals surface area contributed by atoms with Gasteiger partial charge in [0.25, 0.3) is 0 Å². The average Bonchev–Trinajstić information content (AvgIpc) is 3.38. The van der Waals surface area contributed by atoms with Crippen LogP contribution in [0.5, 0.6) is 0 Å². The first kappa shape index (κ1) is 20.0. The van der Waals surface area contributed by atoms with E-state index in [-0.39, 0.29) is 24.2 Å². The van der Waals surface area contributed by atoms with Gasteiger partial charge >= 0.3 is 0 Å². The normalized spacial score (nSPS) is 19.9. The van der Waals surface area contributed by atoms with E-state index < -0.39 is 0 Å². The second kappa shape index (κ2) is 8.28. The Kier molecular flexibility index (Phi) is 5.33. The minimum atomic E-state index is -0.356. The first-order valence-electron chi connectivity index (χ1n) is 10.6. The molecule has 0 saturated carbocycles. The Morgan fingerprint density at radius 2 is 1.87 bits per heavy atom. The molecule has 0 bridgehead atoms. The van der Waals surface area contributed by atoms with Crippen LogP contribution in [-0.2, 0) is 9.59 Å². The number of fused-ring (bicyclic) bond motifs is 1. The summed E-state index contributed by atoms with van der Waals surface area (Å²) in [6.45, 7) is 4.45. The molecule has 3 heterocycles. The van der Waals surface area contributed by atoms with Crippen LogP contribution in [0, 0.1) is 5.92 Å². The van der Waals surface area contributed by atoms with E-state index in [4.69, 9.17) is 4.98 Å². The van der Waals surface area contributed by atoms with Crippen molar-refractivity contribution in [2.45, 2.75) is 6.42 Å². The predicted molar refractivity (Wildman–Crippen MR) is 125 cm³/mol. The highest BCUT2D eigenvalue weighted by atomic mass is 32.1. The number of anilines is 3. The van der Waals surface area contributed by atoms with Crippen LogP contribution in [0.15, 0.2) is 48.5 Å². The molecule has 7 nitrogen and oxygen atoms in total. The molecule has 0 spiro atoms. The van der Waals surface area contributed by atoms with Gasteiger partial charge in [-0.2, -0.15) is 0 Å². The van der Waals surface area contributed by atoms with E-state index in [0.717, 1.165) is 52.9 Å². The zero-order chi connectivity index (χ0) is 21.4. The van der Waals surface area contributed by atoms with E-state index in [2.05, 4.69) is 22.2 Å². The summed E-state index contributed by atoms with van der Waals surface area (Å²) in [5.74, 6) is -0.484. The molecule has 5 rings (SSSR count). The SMILES string of the molecule is CN1CCN(c2nc3ccc(NC(=O)[C@H]4CC(=O)N(c5ccccc5)C4)cc3s2)CC1. The van der Waals surface area contributed by atoms with E-state index in [1.54, 1.807) is 16.2 Å². The van der Waals surface area contributed by atoms with Gasteiger partial charge < -0.3 is 20.0 Å². The summed E-state index contributed by atoms with van der Waals surface area (Å²) in [5.41, 5.74) is 2.53. The molecule has 2 aliphatic heterocycles. The van der Waals surface area contributed by atoms with Gasteiger partial charge in [0, 0.05) is 50.5 Å². The molecule has 2 amide bonds. The van der Waals surface area contributed by atoms with Gasteiger partial charge in [-0.05, 0) is 37.4 Å². The molecule has 8 heteroatoms. The third-order valence-corrected chi connectivity index (χ3v) is 7.06. The zero-order valence-electron chi connectivity index (χ0n) is 17.5. The number of thiazole rings is 1. The minimum Gasteiger partial charge on any atom is -0.345 e. The average molecular weight is 436 g/mol. The van der Waals surface area contributed by atoms with E-state index in [1.807, 2.05) is 48.5 Å². The number of rotatable bonds is 4. The van der Waals surface area contributed by atoms with Crippen LogP contribution in [0.1, 0.15) is 6.42 Å². The molecule has 2 aromatic carbocycles. The van der Waals surface area contributed by atoms with E-state index in [9.17, 15) is 9.59 Å². The van der Waals surface area contributed by atoms with Gasteiger partial charge in [-0.25, -0.2) is 4.98 Å². The van der Waals surface area contributed by atoms with Crippen LogP contribution < -0.4 is 15.1 Å². The van der Waals surface area contributed by atoms with Gasteiger partial charge in [0.2, 0.25) is 11.8 Å². The predicted octanol–water partition coefficient (Wildman–Crippen LogP) is 3.04. The maximum Gasteiger partial charge on any atom is 0.229 e. The number of likely N-dealkylation sites (N-methyl/N-ethyl adjacent to an activating group) is 1. The smallest absolute Gasteiger partial charge is 0.229 e. The Labute approximate surface area is 185 Å². The van der Waals surface area contributed by atoms with Crippen molar-refractivity contribution in [1.29, 1.82) is 0 Å². The standard InChI is InChI=1S/C23H25N5O2S/c1-26-9-11-27(12-10-26)23-25-19-8-7-17(14-20(19)31-23)24-22(30)16-13-21(29)28(15-16)18-5-3-2-4-6-18/h2-8,14,16H,9-13,15H2,1H3,(H,24,30)/t16-/m0/s1. The molecule has 0 radical (unpaired) electrons. The Balaban J connectivity index is 1.27. The molecule has 1 N–H and O–H groups in total. The summed E-state index contributed by atoms with van der Waals surface area (Å²) in [6.07, 6.45) is 0.233. The highest BCUT2D eigenvalue weighted by Gasteiger charge is 2.35. The second-order valence-electron chi connectivity index (χ2n) is 8.20. The molecule has 31 heavy (non-hydrogen) atoms. The number of hydrogen-bond acceptors (Lipinski definition) is 6. The number of aromatic nitrogens is 1. The van der Waals surface area contributed by atoms with Crippen molar-refractivity contribution in [1.82, 2.24) is 9.88 Å². The zero-order valence-corrected chi connectivity index (χ0v) is 18.3. The van der Waals surface area contributed by atoms with Crippen molar-refractivity contribution in [3.05, 3.63) is 48.5 Å². The topological polar surface area (TPSA) is 68.8 Å². The van der Waals surface area contributed by atoms with Gasteiger partial charge in [-0.3, -0.25) is 9.59 Å². The molecule has 160 valence electrons. The van der Waals surface area contributed by atoms with Crippen LogP contribution in [-0.4, -0.2) is 61.5 Å². The van der Waals surface area contributed by atoms with Crippen LogP contribution in [0.25, 0.3) is 10.2 Å². The summed E-state index contributed by atoms with van der Waals surface area (Å²) in [7, 11) is 2.14. The lowest BCUT2D eigenvalue weighted by Crippen LogP contribution is -2.44. The fourth-order valence-corrected chi connectivity index (χ4v) is 5.16. The molecule has 0 unspecified atom stereocenters. The highest BCUT2D eigenvalue weighted by molar-refractivity contribution is 7.22. The third kappa shape index (κ3) is 4.13. The molecule has 2 aliphatic rings. The molecule has 2 fully saturated rings. The lowest BCUT2D eigenvalue weighted by Gasteiger charge is -2.31. The number of nitrogens with zero attached hydrogens (tertiary/aromatic N) is 4. The minimum absolute atomic E-state index is 0.0129. The number of carbonyl (C=O) groups excluding carboxylic acids is 2. The van der Waals surface area contributed by atoms with Crippen molar-refractivity contribution in [2.24, 2.45) is 5.92 Å². The summed E-state index contributed by atoms with van der Waals surface area (Å²) in [5, 5.41) is 4.04. The van der Waals surface area contributed by atoms with Crippen molar-refractivity contribution in [2.75, 3.05) is 54.9 Å². The van der Waals surface area contributed by atoms with Crippen LogP contribution in [0.4, 0.5) is 16.5 Å². The first-order valence-corrected chi connectivity index (χ1v) is 11.4.